The van der Waals surface area contributed by atoms with Gasteiger partial charge in [0.05, 0.1) is 6.10 Å². The minimum absolute atomic E-state index is 0.481. The van der Waals surface area contributed by atoms with Crippen LogP contribution in [-0.2, 0) is 4.74 Å². The summed E-state index contributed by atoms with van der Waals surface area (Å²) in [4.78, 5) is 0. The monoisotopic (exact) mass is 203 g/mol. The molecule has 1 N–H and O–H groups in total. The lowest BCUT2D eigenvalue weighted by Gasteiger charge is -2.16. The molecule has 0 aromatic rings. The fraction of sp³-hybridized carbons (Fsp3) is 1.00. The normalized spacial score (nSPS) is 24.9. The quantitative estimate of drug-likeness (QED) is 0.712. The van der Waals surface area contributed by atoms with E-state index in [2.05, 4.69) is 19.2 Å². The zero-order valence-corrected chi connectivity index (χ0v) is 9.53. The molecule has 0 radical (unpaired) electrons. The summed E-state index contributed by atoms with van der Waals surface area (Å²) in [5.41, 5.74) is 0. The second-order valence-electron chi connectivity index (χ2n) is 3.60. The standard InChI is InChI=1S/C10H21NOS/c1-3-13-8-9(2)11-7-10-5-4-6-12-10/h9-11H,3-8H2,1-2H3. The van der Waals surface area contributed by atoms with Crippen LogP contribution in [0.25, 0.3) is 0 Å². The number of hydrogen-bond donors (Lipinski definition) is 1. The molecule has 2 nitrogen and oxygen atoms in total. The Bertz CT molecular complexity index is 126. The maximum Gasteiger partial charge on any atom is 0.0700 e. The fourth-order valence-corrected chi connectivity index (χ4v) is 2.20. The topological polar surface area (TPSA) is 21.3 Å². The second-order valence-corrected chi connectivity index (χ2v) is 4.92. The molecule has 0 aliphatic carbocycles. The molecule has 13 heavy (non-hydrogen) atoms. The van der Waals surface area contributed by atoms with Crippen LogP contribution in [0.3, 0.4) is 0 Å². The number of ether oxygens (including phenoxy) is 1. The second kappa shape index (κ2) is 6.68. The Morgan fingerprint density at radius 2 is 2.46 bits per heavy atom. The van der Waals surface area contributed by atoms with E-state index in [0.717, 1.165) is 13.2 Å². The van der Waals surface area contributed by atoms with E-state index >= 15 is 0 Å². The molecular weight excluding hydrogens is 182 g/mol. The van der Waals surface area contributed by atoms with Gasteiger partial charge >= 0.3 is 0 Å². The Kier molecular flexibility index (Phi) is 5.83. The van der Waals surface area contributed by atoms with Gasteiger partial charge in [-0.15, -0.1) is 0 Å². The third-order valence-electron chi connectivity index (χ3n) is 2.29. The van der Waals surface area contributed by atoms with Gasteiger partial charge in [0.2, 0.25) is 0 Å². The third-order valence-corrected chi connectivity index (χ3v) is 3.43. The third kappa shape index (κ3) is 4.89. The predicted molar refractivity (Wildman–Crippen MR) is 59.4 cm³/mol. The smallest absolute Gasteiger partial charge is 0.0700 e. The first kappa shape index (κ1) is 11.3. The zero-order valence-electron chi connectivity index (χ0n) is 8.71. The SMILES string of the molecule is CCSCC(C)NCC1CCCO1. The summed E-state index contributed by atoms with van der Waals surface area (Å²) < 4.78 is 5.54. The molecule has 2 atom stereocenters. The highest BCUT2D eigenvalue weighted by molar-refractivity contribution is 7.99. The highest BCUT2D eigenvalue weighted by Gasteiger charge is 2.15. The van der Waals surface area contributed by atoms with Gasteiger partial charge in [-0.2, -0.15) is 11.8 Å². The lowest BCUT2D eigenvalue weighted by molar-refractivity contribution is 0.108. The van der Waals surface area contributed by atoms with E-state index in [1.54, 1.807) is 0 Å². The van der Waals surface area contributed by atoms with E-state index in [1.165, 1.54) is 24.3 Å². The molecule has 1 aliphatic rings. The molecule has 1 fully saturated rings. The molecule has 3 heteroatoms. The van der Waals surface area contributed by atoms with Crippen molar-refractivity contribution < 1.29 is 4.74 Å². The molecule has 1 aliphatic heterocycles. The minimum atomic E-state index is 0.481. The molecule has 1 heterocycles. The molecule has 0 amide bonds. The van der Waals surface area contributed by atoms with Crippen LogP contribution in [0.2, 0.25) is 0 Å². The van der Waals surface area contributed by atoms with Gasteiger partial charge < -0.3 is 10.1 Å². The van der Waals surface area contributed by atoms with Crippen molar-refractivity contribution in [2.24, 2.45) is 0 Å². The Morgan fingerprint density at radius 1 is 1.62 bits per heavy atom. The van der Waals surface area contributed by atoms with Crippen LogP contribution in [0.15, 0.2) is 0 Å². The molecule has 78 valence electrons. The molecule has 1 saturated heterocycles. The van der Waals surface area contributed by atoms with Crippen molar-refractivity contribution in [1.29, 1.82) is 0 Å². The fourth-order valence-electron chi connectivity index (χ4n) is 1.49. The lowest BCUT2D eigenvalue weighted by Crippen LogP contribution is -2.34. The van der Waals surface area contributed by atoms with Gasteiger partial charge in [0.1, 0.15) is 0 Å². The summed E-state index contributed by atoms with van der Waals surface area (Å²) in [5, 5.41) is 3.51. The van der Waals surface area contributed by atoms with E-state index in [9.17, 15) is 0 Å². The Labute approximate surface area is 85.8 Å². The van der Waals surface area contributed by atoms with Gasteiger partial charge in [0.25, 0.3) is 0 Å². The summed E-state index contributed by atoms with van der Waals surface area (Å²) in [6.45, 7) is 6.45. The molecule has 0 aromatic heterocycles. The Balaban J connectivity index is 1.97. The van der Waals surface area contributed by atoms with E-state index < -0.39 is 0 Å². The molecule has 0 bridgehead atoms. The van der Waals surface area contributed by atoms with Crippen LogP contribution in [-0.4, -0.2) is 36.8 Å². The van der Waals surface area contributed by atoms with Crippen LogP contribution in [0.1, 0.15) is 26.7 Å². The molecule has 2 unspecified atom stereocenters. The van der Waals surface area contributed by atoms with Crippen LogP contribution < -0.4 is 5.32 Å². The summed E-state index contributed by atoms with van der Waals surface area (Å²) in [6, 6.07) is 0.620. The predicted octanol–water partition coefficient (Wildman–Crippen LogP) is 1.90. The number of nitrogens with one attached hydrogen (secondary N) is 1. The summed E-state index contributed by atoms with van der Waals surface area (Å²) in [6.07, 6.45) is 2.96. The molecule has 1 rings (SSSR count). The average molecular weight is 203 g/mol. The highest BCUT2D eigenvalue weighted by Crippen LogP contribution is 2.11. The maximum atomic E-state index is 5.54. The summed E-state index contributed by atoms with van der Waals surface area (Å²) in [7, 11) is 0. The van der Waals surface area contributed by atoms with Gasteiger partial charge in [-0.3, -0.25) is 0 Å². The molecular formula is C10H21NOS. The zero-order chi connectivity index (χ0) is 9.52. The van der Waals surface area contributed by atoms with Gasteiger partial charge in [-0.1, -0.05) is 6.92 Å². The van der Waals surface area contributed by atoms with Gasteiger partial charge in [0, 0.05) is 24.9 Å². The van der Waals surface area contributed by atoms with Crippen molar-refractivity contribution in [3.05, 3.63) is 0 Å². The van der Waals surface area contributed by atoms with Crippen molar-refractivity contribution in [3.63, 3.8) is 0 Å². The van der Waals surface area contributed by atoms with Gasteiger partial charge in [0.15, 0.2) is 0 Å². The molecule has 0 spiro atoms. The highest BCUT2D eigenvalue weighted by atomic mass is 32.2. The average Bonchev–Trinajstić information content (AvgIpc) is 2.64. The van der Waals surface area contributed by atoms with Crippen molar-refractivity contribution in [1.82, 2.24) is 5.32 Å². The van der Waals surface area contributed by atoms with Crippen LogP contribution in [0.5, 0.6) is 0 Å². The van der Waals surface area contributed by atoms with Crippen molar-refractivity contribution >= 4 is 11.8 Å². The van der Waals surface area contributed by atoms with E-state index in [1.807, 2.05) is 11.8 Å². The summed E-state index contributed by atoms with van der Waals surface area (Å²) in [5.74, 6) is 2.43. The first-order valence-corrected chi connectivity index (χ1v) is 6.41. The van der Waals surface area contributed by atoms with Crippen LogP contribution in [0.4, 0.5) is 0 Å². The van der Waals surface area contributed by atoms with Gasteiger partial charge in [-0.05, 0) is 25.5 Å². The largest absolute Gasteiger partial charge is 0.377 e. The lowest BCUT2D eigenvalue weighted by atomic mass is 10.2. The minimum Gasteiger partial charge on any atom is -0.377 e. The van der Waals surface area contributed by atoms with Crippen LogP contribution >= 0.6 is 11.8 Å². The number of thioether (sulfide) groups is 1. The van der Waals surface area contributed by atoms with Crippen molar-refractivity contribution in [3.8, 4) is 0 Å². The van der Waals surface area contributed by atoms with Gasteiger partial charge in [-0.25, -0.2) is 0 Å². The van der Waals surface area contributed by atoms with E-state index in [-0.39, 0.29) is 0 Å². The maximum absolute atomic E-state index is 5.54. The van der Waals surface area contributed by atoms with E-state index in [0.29, 0.717) is 12.1 Å². The van der Waals surface area contributed by atoms with Crippen LogP contribution in [0, 0.1) is 0 Å². The Hall–Kier alpha value is 0.270. The van der Waals surface area contributed by atoms with Crippen molar-refractivity contribution in [2.45, 2.75) is 38.8 Å². The van der Waals surface area contributed by atoms with E-state index in [4.69, 9.17) is 4.74 Å². The first-order valence-electron chi connectivity index (χ1n) is 5.25. The molecule has 0 saturated carbocycles. The molecule has 0 aromatic carbocycles. The number of hydrogen-bond acceptors (Lipinski definition) is 3. The first-order chi connectivity index (χ1) is 6.33. The van der Waals surface area contributed by atoms with Crippen molar-refractivity contribution in [2.75, 3.05) is 24.7 Å². The summed E-state index contributed by atoms with van der Waals surface area (Å²) >= 11 is 2.00. The number of rotatable bonds is 6. The Morgan fingerprint density at radius 3 is 3.08 bits per heavy atom.